The second kappa shape index (κ2) is 9.07. The number of nitrogens with one attached hydrogen (secondary N) is 1. The molecule has 118 valence electrons. The van der Waals surface area contributed by atoms with Gasteiger partial charge in [-0.1, -0.05) is 0 Å². The van der Waals surface area contributed by atoms with Gasteiger partial charge in [0, 0.05) is 13.7 Å². The number of carbonyl (C=O) groups excluding carboxylic acids is 1. The van der Waals surface area contributed by atoms with E-state index in [9.17, 15) is 4.79 Å². The molecule has 0 aliphatic rings. The van der Waals surface area contributed by atoms with Crippen LogP contribution in [0.15, 0.2) is 22.2 Å². The van der Waals surface area contributed by atoms with Gasteiger partial charge in [0.1, 0.15) is 11.6 Å². The second-order valence-corrected chi connectivity index (χ2v) is 5.01. The van der Waals surface area contributed by atoms with E-state index in [1.54, 1.807) is 12.1 Å². The molecule has 0 aliphatic carbocycles. The van der Waals surface area contributed by atoms with Crippen molar-refractivity contribution < 1.29 is 19.0 Å². The number of hydrogen-bond acceptors (Lipinski definition) is 5. The van der Waals surface area contributed by atoms with Gasteiger partial charge >= 0.3 is 0 Å². The van der Waals surface area contributed by atoms with Crippen molar-refractivity contribution in [1.29, 1.82) is 5.26 Å². The van der Waals surface area contributed by atoms with Crippen LogP contribution in [-0.2, 0) is 9.53 Å². The summed E-state index contributed by atoms with van der Waals surface area (Å²) in [5.74, 6) is 0.591. The highest BCUT2D eigenvalue weighted by molar-refractivity contribution is 9.10. The molecule has 0 spiro atoms. The van der Waals surface area contributed by atoms with Gasteiger partial charge in [-0.05, 0) is 39.7 Å². The first-order valence-electron chi connectivity index (χ1n) is 6.37. The average Bonchev–Trinajstić information content (AvgIpc) is 2.51. The molecule has 0 aromatic heterocycles. The summed E-state index contributed by atoms with van der Waals surface area (Å²) in [5.41, 5.74) is 0.637. The molecule has 1 amide bonds. The van der Waals surface area contributed by atoms with E-state index in [2.05, 4.69) is 21.2 Å². The molecule has 0 saturated carbocycles. The van der Waals surface area contributed by atoms with E-state index in [4.69, 9.17) is 19.5 Å². The van der Waals surface area contributed by atoms with Crippen LogP contribution < -0.4 is 14.8 Å². The lowest BCUT2D eigenvalue weighted by atomic mass is 10.1. The first-order chi connectivity index (χ1) is 10.6. The molecule has 0 fully saturated rings. The molecule has 0 atom stereocenters. The Labute approximate surface area is 137 Å². The molecular formula is C15H17BrN2O4. The van der Waals surface area contributed by atoms with Crippen LogP contribution in [0.5, 0.6) is 11.5 Å². The standard InChI is InChI=1S/C15H17BrN2O4/c1-20-5-4-18-15(19)11(9-17)6-10-7-12(16)14(22-3)13(8-10)21-2/h6-8H,4-5H2,1-3H3,(H,18,19)/b11-6+. The van der Waals surface area contributed by atoms with Gasteiger partial charge in [-0.2, -0.15) is 5.26 Å². The van der Waals surface area contributed by atoms with Crippen molar-refractivity contribution in [3.63, 3.8) is 0 Å². The molecule has 7 heteroatoms. The van der Waals surface area contributed by atoms with Crippen LogP contribution >= 0.6 is 15.9 Å². The third-order valence-corrected chi connectivity index (χ3v) is 3.31. The number of rotatable bonds is 7. The summed E-state index contributed by atoms with van der Waals surface area (Å²) in [4.78, 5) is 11.9. The maximum absolute atomic E-state index is 11.9. The summed E-state index contributed by atoms with van der Waals surface area (Å²) < 4.78 is 16.0. The van der Waals surface area contributed by atoms with Gasteiger partial charge < -0.3 is 19.5 Å². The van der Waals surface area contributed by atoms with Crippen molar-refractivity contribution >= 4 is 27.9 Å². The molecule has 1 aromatic rings. The summed E-state index contributed by atoms with van der Waals surface area (Å²) in [7, 11) is 4.58. The SMILES string of the molecule is COCCNC(=O)/C(C#N)=C/c1cc(Br)c(OC)c(OC)c1. The van der Waals surface area contributed by atoms with Crippen LogP contribution in [0.3, 0.4) is 0 Å². The van der Waals surface area contributed by atoms with E-state index in [1.807, 2.05) is 6.07 Å². The summed E-state index contributed by atoms with van der Waals surface area (Å²) in [6.45, 7) is 0.719. The minimum Gasteiger partial charge on any atom is -0.493 e. The number of nitrogens with zero attached hydrogens (tertiary/aromatic N) is 1. The predicted molar refractivity (Wildman–Crippen MR) is 85.7 cm³/mol. The maximum Gasteiger partial charge on any atom is 0.262 e. The first-order valence-corrected chi connectivity index (χ1v) is 7.17. The van der Waals surface area contributed by atoms with Crippen molar-refractivity contribution in [2.24, 2.45) is 0 Å². The lowest BCUT2D eigenvalue weighted by Gasteiger charge is -2.10. The first kappa shape index (κ1) is 18.0. The van der Waals surface area contributed by atoms with Crippen LogP contribution in [0.1, 0.15) is 5.56 Å². The molecule has 0 saturated heterocycles. The highest BCUT2D eigenvalue weighted by Gasteiger charge is 2.12. The number of amides is 1. The minimum absolute atomic E-state index is 0.00442. The number of hydrogen-bond donors (Lipinski definition) is 1. The lowest BCUT2D eigenvalue weighted by Crippen LogP contribution is -2.27. The third kappa shape index (κ3) is 4.76. The van der Waals surface area contributed by atoms with Crippen molar-refractivity contribution in [2.75, 3.05) is 34.5 Å². The Morgan fingerprint density at radius 3 is 2.64 bits per heavy atom. The van der Waals surface area contributed by atoms with Gasteiger partial charge in [-0.3, -0.25) is 4.79 Å². The Hall–Kier alpha value is -2.04. The molecule has 0 radical (unpaired) electrons. The summed E-state index contributed by atoms with van der Waals surface area (Å²) in [5, 5.41) is 11.7. The molecule has 0 heterocycles. The second-order valence-electron chi connectivity index (χ2n) is 4.16. The van der Waals surface area contributed by atoms with Crippen LogP contribution in [0.25, 0.3) is 6.08 Å². The maximum atomic E-state index is 11.9. The van der Waals surface area contributed by atoms with Gasteiger partial charge in [-0.15, -0.1) is 0 Å². The topological polar surface area (TPSA) is 80.6 Å². The zero-order valence-corrected chi connectivity index (χ0v) is 14.2. The molecule has 1 rings (SSSR count). The molecule has 22 heavy (non-hydrogen) atoms. The van der Waals surface area contributed by atoms with Crippen molar-refractivity contribution in [3.05, 3.63) is 27.7 Å². The number of benzene rings is 1. The molecule has 1 aromatic carbocycles. The molecule has 0 bridgehead atoms. The van der Waals surface area contributed by atoms with Crippen LogP contribution in [-0.4, -0.2) is 40.4 Å². The van der Waals surface area contributed by atoms with E-state index in [0.717, 1.165) is 0 Å². The molecule has 0 aliphatic heterocycles. The fourth-order valence-corrected chi connectivity index (χ4v) is 2.32. The van der Waals surface area contributed by atoms with Gasteiger partial charge in [-0.25, -0.2) is 0 Å². The van der Waals surface area contributed by atoms with Gasteiger partial charge in [0.15, 0.2) is 11.5 Å². The van der Waals surface area contributed by atoms with Crippen molar-refractivity contribution in [1.82, 2.24) is 5.32 Å². The fraction of sp³-hybridized carbons (Fsp3) is 0.333. The van der Waals surface area contributed by atoms with E-state index in [0.29, 0.717) is 34.7 Å². The van der Waals surface area contributed by atoms with E-state index in [-0.39, 0.29) is 5.57 Å². The molecule has 6 nitrogen and oxygen atoms in total. The van der Waals surface area contributed by atoms with Crippen molar-refractivity contribution in [2.45, 2.75) is 0 Å². The van der Waals surface area contributed by atoms with Crippen molar-refractivity contribution in [3.8, 4) is 17.6 Å². The zero-order chi connectivity index (χ0) is 16.5. The van der Waals surface area contributed by atoms with E-state index < -0.39 is 5.91 Å². The number of ether oxygens (including phenoxy) is 3. The Morgan fingerprint density at radius 1 is 1.36 bits per heavy atom. The normalized spacial score (nSPS) is 10.8. The molecule has 1 N–H and O–H groups in total. The van der Waals surface area contributed by atoms with Crippen LogP contribution in [0.4, 0.5) is 0 Å². The minimum atomic E-state index is -0.453. The predicted octanol–water partition coefficient (Wildman–Crippen LogP) is 2.14. The smallest absolute Gasteiger partial charge is 0.262 e. The molecule has 0 unspecified atom stereocenters. The number of nitriles is 1. The molecular weight excluding hydrogens is 352 g/mol. The quantitative estimate of drug-likeness (QED) is 0.453. The van der Waals surface area contributed by atoms with E-state index >= 15 is 0 Å². The monoisotopic (exact) mass is 368 g/mol. The summed E-state index contributed by atoms with van der Waals surface area (Å²) in [6, 6.07) is 5.30. The average molecular weight is 369 g/mol. The van der Waals surface area contributed by atoms with Crippen LogP contribution in [0.2, 0.25) is 0 Å². The van der Waals surface area contributed by atoms with Gasteiger partial charge in [0.25, 0.3) is 5.91 Å². The third-order valence-electron chi connectivity index (χ3n) is 2.72. The fourth-order valence-electron chi connectivity index (χ4n) is 1.70. The number of methoxy groups -OCH3 is 3. The highest BCUT2D eigenvalue weighted by atomic mass is 79.9. The Morgan fingerprint density at radius 2 is 2.09 bits per heavy atom. The highest BCUT2D eigenvalue weighted by Crippen LogP contribution is 2.36. The Kier molecular flexibility index (Phi) is 7.43. The zero-order valence-electron chi connectivity index (χ0n) is 12.6. The summed E-state index contributed by atoms with van der Waals surface area (Å²) in [6.07, 6.45) is 1.48. The summed E-state index contributed by atoms with van der Waals surface area (Å²) >= 11 is 3.36. The Bertz CT molecular complexity index is 608. The lowest BCUT2D eigenvalue weighted by molar-refractivity contribution is -0.117. The van der Waals surface area contributed by atoms with Gasteiger partial charge in [0.05, 0.1) is 25.3 Å². The number of halogens is 1. The van der Waals surface area contributed by atoms with Gasteiger partial charge in [0.2, 0.25) is 0 Å². The largest absolute Gasteiger partial charge is 0.493 e. The van der Waals surface area contributed by atoms with Crippen LogP contribution in [0, 0.1) is 11.3 Å². The number of carbonyl (C=O) groups is 1. The Balaban J connectivity index is 3.06. The van der Waals surface area contributed by atoms with E-state index in [1.165, 1.54) is 27.4 Å².